The highest BCUT2D eigenvalue weighted by Gasteiger charge is 2.22. The van der Waals surface area contributed by atoms with E-state index in [1.807, 2.05) is 0 Å². The summed E-state index contributed by atoms with van der Waals surface area (Å²) in [5, 5.41) is 9.47. The standard InChI is InChI=1S/C9H10INO2/c10-9-6(12)1-2-7-8(9)5(11)3-4-13-7/h1-2,5,12H,3-4,11H2/t5-/m1/s1. The van der Waals surface area contributed by atoms with Crippen LogP contribution >= 0.6 is 22.6 Å². The van der Waals surface area contributed by atoms with Crippen LogP contribution in [0.25, 0.3) is 0 Å². The maximum absolute atomic E-state index is 9.47. The monoisotopic (exact) mass is 291 g/mol. The first-order valence-electron chi connectivity index (χ1n) is 4.10. The molecule has 0 fully saturated rings. The molecule has 3 nitrogen and oxygen atoms in total. The SMILES string of the molecule is N[C@@H]1CCOc2ccc(O)c(I)c21. The normalized spacial score (nSPS) is 20.6. The zero-order valence-electron chi connectivity index (χ0n) is 6.96. The molecule has 1 aromatic rings. The van der Waals surface area contributed by atoms with Crippen LogP contribution in [0.2, 0.25) is 0 Å². The lowest BCUT2D eigenvalue weighted by molar-refractivity contribution is 0.267. The van der Waals surface area contributed by atoms with E-state index < -0.39 is 0 Å². The van der Waals surface area contributed by atoms with Crippen molar-refractivity contribution in [3.05, 3.63) is 21.3 Å². The summed E-state index contributed by atoms with van der Waals surface area (Å²) in [5.74, 6) is 1.08. The first-order valence-corrected chi connectivity index (χ1v) is 5.18. The van der Waals surface area contributed by atoms with Crippen molar-refractivity contribution in [1.29, 1.82) is 0 Å². The van der Waals surface area contributed by atoms with Crippen molar-refractivity contribution in [2.24, 2.45) is 5.73 Å². The predicted octanol–water partition coefficient (Wildman–Crippen LogP) is 1.78. The Balaban J connectivity index is 2.58. The Morgan fingerprint density at radius 2 is 2.31 bits per heavy atom. The lowest BCUT2D eigenvalue weighted by Crippen LogP contribution is -2.21. The summed E-state index contributed by atoms with van der Waals surface area (Å²) in [4.78, 5) is 0. The maximum Gasteiger partial charge on any atom is 0.129 e. The zero-order valence-corrected chi connectivity index (χ0v) is 9.11. The first kappa shape index (κ1) is 9.08. The van der Waals surface area contributed by atoms with Crippen molar-refractivity contribution in [3.63, 3.8) is 0 Å². The van der Waals surface area contributed by atoms with Gasteiger partial charge in [0.2, 0.25) is 0 Å². The molecule has 0 radical (unpaired) electrons. The Morgan fingerprint density at radius 3 is 3.08 bits per heavy atom. The molecule has 0 aliphatic carbocycles. The minimum Gasteiger partial charge on any atom is -0.507 e. The highest BCUT2D eigenvalue weighted by Crippen LogP contribution is 2.38. The van der Waals surface area contributed by atoms with Gasteiger partial charge in [-0.15, -0.1) is 0 Å². The van der Waals surface area contributed by atoms with Crippen LogP contribution in [0.4, 0.5) is 0 Å². The zero-order chi connectivity index (χ0) is 9.42. The first-order chi connectivity index (χ1) is 6.20. The fraction of sp³-hybridized carbons (Fsp3) is 0.333. The molecule has 13 heavy (non-hydrogen) atoms. The lowest BCUT2D eigenvalue weighted by atomic mass is 10.0. The number of hydrogen-bond donors (Lipinski definition) is 2. The average Bonchev–Trinajstić information content (AvgIpc) is 2.12. The summed E-state index contributed by atoms with van der Waals surface area (Å²) < 4.78 is 6.24. The van der Waals surface area contributed by atoms with E-state index in [4.69, 9.17) is 10.5 Å². The molecule has 0 spiro atoms. The van der Waals surface area contributed by atoms with E-state index in [2.05, 4.69) is 22.6 Å². The third kappa shape index (κ3) is 1.48. The van der Waals surface area contributed by atoms with Gasteiger partial charge in [-0.05, 0) is 34.7 Å². The molecule has 0 aromatic heterocycles. The highest BCUT2D eigenvalue weighted by molar-refractivity contribution is 14.1. The van der Waals surface area contributed by atoms with Crippen molar-refractivity contribution in [2.75, 3.05) is 6.61 Å². The van der Waals surface area contributed by atoms with Crippen molar-refractivity contribution in [3.8, 4) is 11.5 Å². The molecule has 1 aliphatic rings. The van der Waals surface area contributed by atoms with Gasteiger partial charge in [0.1, 0.15) is 11.5 Å². The van der Waals surface area contributed by atoms with Crippen molar-refractivity contribution in [2.45, 2.75) is 12.5 Å². The molecule has 0 amide bonds. The van der Waals surface area contributed by atoms with Gasteiger partial charge in [-0.3, -0.25) is 0 Å². The minimum atomic E-state index is -0.0113. The number of phenols is 1. The molecule has 2 rings (SSSR count). The van der Waals surface area contributed by atoms with Gasteiger partial charge in [0, 0.05) is 18.0 Å². The molecule has 1 aliphatic heterocycles. The Bertz CT molecular complexity index is 341. The number of nitrogens with two attached hydrogens (primary N) is 1. The van der Waals surface area contributed by atoms with E-state index in [9.17, 15) is 5.11 Å². The Labute approximate surface area is 90.0 Å². The summed E-state index contributed by atoms with van der Waals surface area (Å²) in [7, 11) is 0. The summed E-state index contributed by atoms with van der Waals surface area (Å²) in [6.45, 7) is 0.662. The molecule has 70 valence electrons. The Kier molecular flexibility index (Phi) is 2.33. The Hall–Kier alpha value is -0.490. The van der Waals surface area contributed by atoms with Crippen LogP contribution in [0.3, 0.4) is 0 Å². The van der Waals surface area contributed by atoms with Crippen LogP contribution in [0, 0.1) is 3.57 Å². The van der Waals surface area contributed by atoms with Gasteiger partial charge in [-0.2, -0.15) is 0 Å². The molecule has 3 N–H and O–H groups in total. The van der Waals surface area contributed by atoms with Gasteiger partial charge in [0.05, 0.1) is 10.2 Å². The largest absolute Gasteiger partial charge is 0.507 e. The van der Waals surface area contributed by atoms with E-state index in [-0.39, 0.29) is 11.8 Å². The average molecular weight is 291 g/mol. The van der Waals surface area contributed by atoms with Crippen molar-refractivity contribution in [1.82, 2.24) is 0 Å². The maximum atomic E-state index is 9.47. The quantitative estimate of drug-likeness (QED) is 0.716. The summed E-state index contributed by atoms with van der Waals surface area (Å²) in [5.41, 5.74) is 6.86. The molecule has 0 unspecified atom stereocenters. The number of fused-ring (bicyclic) bond motifs is 1. The van der Waals surface area contributed by atoms with Crippen LogP contribution in [0.15, 0.2) is 12.1 Å². The summed E-state index contributed by atoms with van der Waals surface area (Å²) in [6, 6.07) is 3.40. The number of ether oxygens (including phenoxy) is 1. The minimum absolute atomic E-state index is 0.0113. The topological polar surface area (TPSA) is 55.5 Å². The third-order valence-electron chi connectivity index (χ3n) is 2.18. The second kappa shape index (κ2) is 3.34. The van der Waals surface area contributed by atoms with E-state index >= 15 is 0 Å². The molecule has 1 heterocycles. The van der Waals surface area contributed by atoms with Crippen LogP contribution in [0.1, 0.15) is 18.0 Å². The van der Waals surface area contributed by atoms with E-state index in [1.54, 1.807) is 12.1 Å². The van der Waals surface area contributed by atoms with Crippen LogP contribution < -0.4 is 10.5 Å². The predicted molar refractivity (Wildman–Crippen MR) is 57.9 cm³/mol. The number of benzene rings is 1. The molecule has 4 heteroatoms. The molecule has 1 atom stereocenters. The highest BCUT2D eigenvalue weighted by atomic mass is 127. The molecular formula is C9H10INO2. The van der Waals surface area contributed by atoms with Crippen LogP contribution in [0.5, 0.6) is 11.5 Å². The number of phenolic OH excluding ortho intramolecular Hbond substituents is 1. The van der Waals surface area contributed by atoms with Crippen LogP contribution in [-0.2, 0) is 0 Å². The second-order valence-corrected chi connectivity index (χ2v) is 4.13. The summed E-state index contributed by atoms with van der Waals surface area (Å²) >= 11 is 2.09. The molecule has 1 aromatic carbocycles. The smallest absolute Gasteiger partial charge is 0.129 e. The van der Waals surface area contributed by atoms with Gasteiger partial charge < -0.3 is 15.6 Å². The van der Waals surface area contributed by atoms with Gasteiger partial charge in [-0.1, -0.05) is 0 Å². The van der Waals surface area contributed by atoms with E-state index in [0.29, 0.717) is 6.61 Å². The molecule has 0 bridgehead atoms. The van der Waals surface area contributed by atoms with Crippen molar-refractivity contribution < 1.29 is 9.84 Å². The van der Waals surface area contributed by atoms with Gasteiger partial charge >= 0.3 is 0 Å². The molecule has 0 saturated heterocycles. The van der Waals surface area contributed by atoms with Gasteiger partial charge in [0.15, 0.2) is 0 Å². The summed E-state index contributed by atoms with van der Waals surface area (Å²) in [6.07, 6.45) is 0.812. The number of rotatable bonds is 0. The molecular weight excluding hydrogens is 281 g/mol. The molecule has 0 saturated carbocycles. The number of halogens is 1. The van der Waals surface area contributed by atoms with Gasteiger partial charge in [-0.25, -0.2) is 0 Å². The van der Waals surface area contributed by atoms with E-state index in [1.165, 1.54) is 0 Å². The fourth-order valence-electron chi connectivity index (χ4n) is 1.48. The fourth-order valence-corrected chi connectivity index (χ4v) is 2.32. The van der Waals surface area contributed by atoms with Crippen molar-refractivity contribution >= 4 is 22.6 Å². The lowest BCUT2D eigenvalue weighted by Gasteiger charge is -2.24. The third-order valence-corrected chi connectivity index (χ3v) is 3.31. The number of aromatic hydroxyl groups is 1. The number of hydrogen-bond acceptors (Lipinski definition) is 3. The Morgan fingerprint density at radius 1 is 1.54 bits per heavy atom. The van der Waals surface area contributed by atoms with E-state index in [0.717, 1.165) is 21.3 Å². The second-order valence-electron chi connectivity index (χ2n) is 3.05. The van der Waals surface area contributed by atoms with Crippen LogP contribution in [-0.4, -0.2) is 11.7 Å². The van der Waals surface area contributed by atoms with Gasteiger partial charge in [0.25, 0.3) is 0 Å².